The predicted octanol–water partition coefficient (Wildman–Crippen LogP) is 2.28. The Kier molecular flexibility index (Phi) is 1.31. The minimum Gasteiger partial charge on any atom is -0.401 e. The highest BCUT2D eigenvalue weighted by molar-refractivity contribution is 5.67. The van der Waals surface area contributed by atoms with E-state index in [2.05, 4.69) is 38.1 Å². The SMILES string of the molecule is CC1(C)C(N)=Cc2ccccc21. The molecule has 0 spiro atoms. The largest absolute Gasteiger partial charge is 0.401 e. The lowest BCUT2D eigenvalue weighted by molar-refractivity contribution is 0.632. The minimum atomic E-state index is 0.0244. The molecule has 1 heteroatoms. The van der Waals surface area contributed by atoms with E-state index in [9.17, 15) is 0 Å². The quantitative estimate of drug-likeness (QED) is 0.617. The normalized spacial score (nSPS) is 18.7. The Morgan fingerprint density at radius 1 is 1.17 bits per heavy atom. The fraction of sp³-hybridized carbons (Fsp3) is 0.273. The van der Waals surface area contributed by atoms with Gasteiger partial charge in [-0.3, -0.25) is 0 Å². The van der Waals surface area contributed by atoms with Crippen LogP contribution in [0.25, 0.3) is 6.08 Å². The molecule has 0 unspecified atom stereocenters. The van der Waals surface area contributed by atoms with Crippen LogP contribution in [0.4, 0.5) is 0 Å². The van der Waals surface area contributed by atoms with E-state index in [1.807, 2.05) is 6.07 Å². The second-order valence-corrected chi connectivity index (χ2v) is 3.81. The Balaban J connectivity index is 2.66. The molecule has 0 bridgehead atoms. The van der Waals surface area contributed by atoms with Crippen molar-refractivity contribution in [1.29, 1.82) is 0 Å². The van der Waals surface area contributed by atoms with Crippen molar-refractivity contribution in [3.05, 3.63) is 41.1 Å². The summed E-state index contributed by atoms with van der Waals surface area (Å²) >= 11 is 0. The fourth-order valence-corrected chi connectivity index (χ4v) is 1.70. The van der Waals surface area contributed by atoms with Crippen molar-refractivity contribution < 1.29 is 0 Å². The van der Waals surface area contributed by atoms with Gasteiger partial charge in [0.15, 0.2) is 0 Å². The Morgan fingerprint density at radius 3 is 2.50 bits per heavy atom. The van der Waals surface area contributed by atoms with Gasteiger partial charge in [0.1, 0.15) is 0 Å². The zero-order valence-corrected chi connectivity index (χ0v) is 7.46. The first-order valence-corrected chi connectivity index (χ1v) is 4.19. The third kappa shape index (κ3) is 0.795. The molecule has 0 atom stereocenters. The van der Waals surface area contributed by atoms with E-state index in [0.29, 0.717) is 0 Å². The number of fused-ring (bicyclic) bond motifs is 1. The molecule has 0 fully saturated rings. The van der Waals surface area contributed by atoms with Crippen LogP contribution in [0.2, 0.25) is 0 Å². The second kappa shape index (κ2) is 2.13. The van der Waals surface area contributed by atoms with Gasteiger partial charge in [-0.15, -0.1) is 0 Å². The number of nitrogens with two attached hydrogens (primary N) is 1. The summed E-state index contributed by atoms with van der Waals surface area (Å²) in [6.45, 7) is 4.31. The van der Waals surface area contributed by atoms with Gasteiger partial charge in [0.05, 0.1) is 0 Å². The van der Waals surface area contributed by atoms with Gasteiger partial charge in [-0.2, -0.15) is 0 Å². The van der Waals surface area contributed by atoms with Crippen molar-refractivity contribution in [2.45, 2.75) is 19.3 Å². The van der Waals surface area contributed by atoms with Crippen molar-refractivity contribution in [2.75, 3.05) is 0 Å². The number of hydrogen-bond acceptors (Lipinski definition) is 1. The van der Waals surface area contributed by atoms with Gasteiger partial charge in [0.2, 0.25) is 0 Å². The van der Waals surface area contributed by atoms with Crippen LogP contribution < -0.4 is 5.73 Å². The molecule has 0 saturated heterocycles. The van der Waals surface area contributed by atoms with Crippen LogP contribution in [0.5, 0.6) is 0 Å². The third-order valence-corrected chi connectivity index (χ3v) is 2.67. The zero-order valence-electron chi connectivity index (χ0n) is 7.46. The molecule has 0 saturated carbocycles. The molecule has 1 aromatic rings. The van der Waals surface area contributed by atoms with E-state index in [1.54, 1.807) is 0 Å². The Morgan fingerprint density at radius 2 is 1.83 bits per heavy atom. The molecule has 0 aromatic heterocycles. The van der Waals surface area contributed by atoms with Gasteiger partial charge in [-0.05, 0) is 17.2 Å². The Hall–Kier alpha value is -1.24. The van der Waals surface area contributed by atoms with Crippen LogP contribution in [0.3, 0.4) is 0 Å². The van der Waals surface area contributed by atoms with Gasteiger partial charge >= 0.3 is 0 Å². The Labute approximate surface area is 72.9 Å². The van der Waals surface area contributed by atoms with Gasteiger partial charge < -0.3 is 5.73 Å². The summed E-state index contributed by atoms with van der Waals surface area (Å²) in [4.78, 5) is 0. The van der Waals surface area contributed by atoms with E-state index in [-0.39, 0.29) is 5.41 Å². The first-order valence-electron chi connectivity index (χ1n) is 4.19. The van der Waals surface area contributed by atoms with Crippen molar-refractivity contribution >= 4 is 6.08 Å². The van der Waals surface area contributed by atoms with E-state index in [1.165, 1.54) is 11.1 Å². The average Bonchev–Trinajstić information content (AvgIpc) is 2.25. The highest BCUT2D eigenvalue weighted by Crippen LogP contribution is 2.38. The van der Waals surface area contributed by atoms with Crippen LogP contribution in [0.1, 0.15) is 25.0 Å². The summed E-state index contributed by atoms with van der Waals surface area (Å²) in [6.07, 6.45) is 2.06. The standard InChI is InChI=1S/C11H13N/c1-11(2)9-6-4-3-5-8(9)7-10(11)12/h3-7H,12H2,1-2H3. The highest BCUT2D eigenvalue weighted by atomic mass is 14.6. The van der Waals surface area contributed by atoms with Crippen molar-refractivity contribution in [3.63, 3.8) is 0 Å². The minimum absolute atomic E-state index is 0.0244. The molecule has 2 N–H and O–H groups in total. The lowest BCUT2D eigenvalue weighted by atomic mass is 9.85. The molecule has 12 heavy (non-hydrogen) atoms. The van der Waals surface area contributed by atoms with Crippen LogP contribution >= 0.6 is 0 Å². The topological polar surface area (TPSA) is 26.0 Å². The molecule has 0 aliphatic heterocycles. The molecule has 0 amide bonds. The second-order valence-electron chi connectivity index (χ2n) is 3.81. The van der Waals surface area contributed by atoms with Crippen LogP contribution in [0, 0.1) is 0 Å². The monoisotopic (exact) mass is 159 g/mol. The number of benzene rings is 1. The summed E-state index contributed by atoms with van der Waals surface area (Å²) < 4.78 is 0. The van der Waals surface area contributed by atoms with Gasteiger partial charge in [0.25, 0.3) is 0 Å². The predicted molar refractivity (Wildman–Crippen MR) is 51.6 cm³/mol. The maximum Gasteiger partial charge on any atom is 0.0297 e. The van der Waals surface area contributed by atoms with E-state index >= 15 is 0 Å². The smallest absolute Gasteiger partial charge is 0.0297 e. The number of allylic oxidation sites excluding steroid dienone is 1. The number of hydrogen-bond donors (Lipinski definition) is 1. The van der Waals surface area contributed by atoms with Crippen molar-refractivity contribution in [2.24, 2.45) is 5.73 Å². The first-order chi connectivity index (χ1) is 5.62. The zero-order chi connectivity index (χ0) is 8.77. The molecular formula is C11H13N. The highest BCUT2D eigenvalue weighted by Gasteiger charge is 2.30. The maximum absolute atomic E-state index is 5.92. The first kappa shape index (κ1) is 7.41. The van der Waals surface area contributed by atoms with Gasteiger partial charge in [0, 0.05) is 11.1 Å². The third-order valence-electron chi connectivity index (χ3n) is 2.67. The molecule has 1 aromatic carbocycles. The van der Waals surface area contributed by atoms with Gasteiger partial charge in [-0.25, -0.2) is 0 Å². The van der Waals surface area contributed by atoms with E-state index in [4.69, 9.17) is 5.73 Å². The molecular weight excluding hydrogens is 146 g/mol. The number of rotatable bonds is 0. The van der Waals surface area contributed by atoms with Crippen LogP contribution in [-0.2, 0) is 5.41 Å². The molecule has 0 radical (unpaired) electrons. The average molecular weight is 159 g/mol. The van der Waals surface area contributed by atoms with E-state index < -0.39 is 0 Å². The lowest BCUT2D eigenvalue weighted by Gasteiger charge is -2.21. The molecule has 0 heterocycles. The van der Waals surface area contributed by atoms with Crippen molar-refractivity contribution in [1.82, 2.24) is 0 Å². The molecule has 1 aliphatic rings. The molecule has 62 valence electrons. The van der Waals surface area contributed by atoms with Crippen molar-refractivity contribution in [3.8, 4) is 0 Å². The van der Waals surface area contributed by atoms with Crippen LogP contribution in [-0.4, -0.2) is 0 Å². The summed E-state index contributed by atoms with van der Waals surface area (Å²) in [5.41, 5.74) is 9.51. The summed E-state index contributed by atoms with van der Waals surface area (Å²) in [5.74, 6) is 0. The lowest BCUT2D eigenvalue weighted by Crippen LogP contribution is -2.22. The van der Waals surface area contributed by atoms with E-state index in [0.717, 1.165) is 5.70 Å². The molecule has 1 nitrogen and oxygen atoms in total. The Bertz CT molecular complexity index is 348. The molecule has 1 aliphatic carbocycles. The fourth-order valence-electron chi connectivity index (χ4n) is 1.70. The summed E-state index contributed by atoms with van der Waals surface area (Å²) in [7, 11) is 0. The molecule has 2 rings (SSSR count). The summed E-state index contributed by atoms with van der Waals surface area (Å²) in [5, 5.41) is 0. The van der Waals surface area contributed by atoms with Crippen LogP contribution in [0.15, 0.2) is 30.0 Å². The van der Waals surface area contributed by atoms with Gasteiger partial charge in [-0.1, -0.05) is 38.1 Å². The summed E-state index contributed by atoms with van der Waals surface area (Å²) in [6, 6.07) is 8.36. The maximum atomic E-state index is 5.92.